The molecule has 0 fully saturated rings. The molecular weight excluding hydrogens is 334 g/mol. The highest BCUT2D eigenvalue weighted by atomic mass is 16.4. The van der Waals surface area contributed by atoms with Crippen LogP contribution in [0.3, 0.4) is 0 Å². The van der Waals surface area contributed by atoms with Crippen molar-refractivity contribution in [2.45, 2.75) is 44.8 Å². The number of carbonyl (C=O) groups is 2. The number of carbonyl (C=O) groups excluding carboxylic acids is 1. The van der Waals surface area contributed by atoms with Gasteiger partial charge in [0, 0.05) is 25.6 Å². The topological polar surface area (TPSA) is 100 Å². The number of nitrogens with zero attached hydrogens (tertiary/aromatic N) is 4. The lowest BCUT2D eigenvalue weighted by Crippen LogP contribution is -2.49. The third-order valence-corrected chi connectivity index (χ3v) is 4.69. The van der Waals surface area contributed by atoms with Crippen molar-refractivity contribution in [3.63, 3.8) is 0 Å². The summed E-state index contributed by atoms with van der Waals surface area (Å²) in [6.45, 7) is 3.14. The second-order valence-corrected chi connectivity index (χ2v) is 6.52. The lowest BCUT2D eigenvalue weighted by atomic mass is 10.0. The van der Waals surface area contributed by atoms with Crippen LogP contribution in [0.5, 0.6) is 0 Å². The Labute approximate surface area is 151 Å². The summed E-state index contributed by atoms with van der Waals surface area (Å²) in [7, 11) is 0. The van der Waals surface area contributed by atoms with Crippen LogP contribution < -0.4 is 5.32 Å². The molecule has 0 saturated heterocycles. The van der Waals surface area contributed by atoms with Gasteiger partial charge in [-0.2, -0.15) is 0 Å². The zero-order chi connectivity index (χ0) is 18.5. The molecule has 26 heavy (non-hydrogen) atoms. The van der Waals surface area contributed by atoms with Crippen LogP contribution >= 0.6 is 0 Å². The van der Waals surface area contributed by atoms with E-state index in [-0.39, 0.29) is 24.5 Å². The molecule has 1 aliphatic rings. The number of rotatable bonds is 6. The highest BCUT2D eigenvalue weighted by molar-refractivity contribution is 5.75. The van der Waals surface area contributed by atoms with E-state index in [4.69, 9.17) is 5.11 Å². The van der Waals surface area contributed by atoms with Crippen molar-refractivity contribution in [2.24, 2.45) is 0 Å². The molecule has 2 heterocycles. The molecule has 0 saturated carbocycles. The number of nitrogens with one attached hydrogen (secondary N) is 1. The second-order valence-electron chi connectivity index (χ2n) is 6.52. The number of urea groups is 1. The summed E-state index contributed by atoms with van der Waals surface area (Å²) in [5.41, 5.74) is 1.06. The van der Waals surface area contributed by atoms with Crippen LogP contribution in [0.1, 0.15) is 37.2 Å². The number of fused-ring (bicyclic) bond motifs is 1. The van der Waals surface area contributed by atoms with Crippen LogP contribution in [0.25, 0.3) is 0 Å². The zero-order valence-electron chi connectivity index (χ0n) is 14.7. The predicted molar refractivity (Wildman–Crippen MR) is 94.5 cm³/mol. The van der Waals surface area contributed by atoms with Gasteiger partial charge in [0.15, 0.2) is 5.82 Å². The molecule has 0 spiro atoms. The fraction of sp³-hybridized carbons (Fsp3) is 0.444. The summed E-state index contributed by atoms with van der Waals surface area (Å²) in [6, 6.07) is 9.14. The van der Waals surface area contributed by atoms with Crippen molar-refractivity contribution < 1.29 is 14.7 Å². The third kappa shape index (κ3) is 4.19. The van der Waals surface area contributed by atoms with Gasteiger partial charge in [0.2, 0.25) is 0 Å². The van der Waals surface area contributed by atoms with Gasteiger partial charge in [0.05, 0.1) is 6.04 Å². The van der Waals surface area contributed by atoms with E-state index in [0.29, 0.717) is 25.9 Å². The number of hydrogen-bond acceptors (Lipinski definition) is 4. The largest absolute Gasteiger partial charge is 0.481 e. The summed E-state index contributed by atoms with van der Waals surface area (Å²) in [4.78, 5) is 25.5. The van der Waals surface area contributed by atoms with Crippen LogP contribution in [0.2, 0.25) is 0 Å². The average Bonchev–Trinajstić information content (AvgIpc) is 3.10. The Hall–Kier alpha value is -2.90. The van der Waals surface area contributed by atoms with Crippen molar-refractivity contribution in [3.05, 3.63) is 48.0 Å². The maximum Gasteiger partial charge on any atom is 0.318 e. The number of aromatic nitrogens is 3. The number of carboxylic acid groups (broad SMARTS) is 1. The number of carboxylic acids is 1. The average molecular weight is 357 g/mol. The van der Waals surface area contributed by atoms with E-state index >= 15 is 0 Å². The molecular formula is C18H23N5O3. The summed E-state index contributed by atoms with van der Waals surface area (Å²) in [5, 5.41) is 20.0. The summed E-state index contributed by atoms with van der Waals surface area (Å²) in [6.07, 6.45) is 2.67. The molecule has 0 radical (unpaired) electrons. The monoisotopic (exact) mass is 357 g/mol. The standard InChI is InChI=1S/C18H23N5O3/c1-13-17-21-19-12-22(17)9-10-23(13)18(26)20-15(7-8-16(24)25)11-14-5-3-2-4-6-14/h2-6,12-13,15H,7-11H2,1H3,(H,20,26)(H,24,25). The molecule has 1 aromatic carbocycles. The van der Waals surface area contributed by atoms with Crippen molar-refractivity contribution in [1.82, 2.24) is 25.0 Å². The molecule has 0 bridgehead atoms. The van der Waals surface area contributed by atoms with Crippen molar-refractivity contribution in [2.75, 3.05) is 6.54 Å². The Morgan fingerprint density at radius 3 is 2.81 bits per heavy atom. The van der Waals surface area contributed by atoms with Gasteiger partial charge in [-0.3, -0.25) is 4.79 Å². The number of benzene rings is 1. The smallest absolute Gasteiger partial charge is 0.318 e. The van der Waals surface area contributed by atoms with E-state index in [1.54, 1.807) is 11.2 Å². The Morgan fingerprint density at radius 1 is 1.31 bits per heavy atom. The number of aliphatic carboxylic acids is 1. The van der Waals surface area contributed by atoms with E-state index in [0.717, 1.165) is 11.4 Å². The summed E-state index contributed by atoms with van der Waals surface area (Å²) in [5.74, 6) is -0.103. The lowest BCUT2D eigenvalue weighted by molar-refractivity contribution is -0.137. The molecule has 1 aromatic heterocycles. The second kappa shape index (κ2) is 7.99. The number of hydrogen-bond donors (Lipinski definition) is 2. The molecule has 2 amide bonds. The van der Waals surface area contributed by atoms with Gasteiger partial charge in [-0.25, -0.2) is 4.79 Å². The van der Waals surface area contributed by atoms with Gasteiger partial charge in [0.1, 0.15) is 6.33 Å². The minimum Gasteiger partial charge on any atom is -0.481 e. The Morgan fingerprint density at radius 2 is 2.08 bits per heavy atom. The molecule has 2 unspecified atom stereocenters. The maximum absolute atomic E-state index is 12.8. The SMILES string of the molecule is CC1c2nncn2CCN1C(=O)NC(CCC(=O)O)Cc1ccccc1. The molecule has 8 heteroatoms. The van der Waals surface area contributed by atoms with Crippen LogP contribution in [0.4, 0.5) is 4.79 Å². The normalized spacial score (nSPS) is 17.4. The summed E-state index contributed by atoms with van der Waals surface area (Å²) >= 11 is 0. The maximum atomic E-state index is 12.8. The van der Waals surface area contributed by atoms with E-state index in [1.165, 1.54) is 0 Å². The van der Waals surface area contributed by atoms with Crippen LogP contribution in [0, 0.1) is 0 Å². The summed E-state index contributed by atoms with van der Waals surface area (Å²) < 4.78 is 1.94. The van der Waals surface area contributed by atoms with Gasteiger partial charge in [-0.15, -0.1) is 10.2 Å². The molecule has 2 atom stereocenters. The van der Waals surface area contributed by atoms with E-state index in [1.807, 2.05) is 41.8 Å². The molecule has 8 nitrogen and oxygen atoms in total. The van der Waals surface area contributed by atoms with E-state index in [2.05, 4.69) is 15.5 Å². The Balaban J connectivity index is 1.67. The van der Waals surface area contributed by atoms with Gasteiger partial charge < -0.3 is 19.9 Å². The molecule has 2 N–H and O–H groups in total. The minimum atomic E-state index is -0.864. The van der Waals surface area contributed by atoms with Gasteiger partial charge in [-0.05, 0) is 25.3 Å². The molecule has 0 aliphatic carbocycles. The van der Waals surface area contributed by atoms with Crippen molar-refractivity contribution in [3.8, 4) is 0 Å². The van der Waals surface area contributed by atoms with Crippen LogP contribution in [0.15, 0.2) is 36.7 Å². The van der Waals surface area contributed by atoms with E-state index < -0.39 is 5.97 Å². The van der Waals surface area contributed by atoms with E-state index in [9.17, 15) is 9.59 Å². The van der Waals surface area contributed by atoms with Gasteiger partial charge in [-0.1, -0.05) is 30.3 Å². The quantitative estimate of drug-likeness (QED) is 0.822. The van der Waals surface area contributed by atoms with Crippen molar-refractivity contribution in [1.29, 1.82) is 0 Å². The fourth-order valence-corrected chi connectivity index (χ4v) is 3.26. The van der Waals surface area contributed by atoms with Gasteiger partial charge >= 0.3 is 12.0 Å². The van der Waals surface area contributed by atoms with Crippen LogP contribution in [-0.2, 0) is 17.8 Å². The van der Waals surface area contributed by atoms with Crippen molar-refractivity contribution >= 4 is 12.0 Å². The first-order valence-electron chi connectivity index (χ1n) is 8.75. The first-order chi connectivity index (χ1) is 12.5. The molecule has 1 aliphatic heterocycles. The molecule has 3 rings (SSSR count). The Kier molecular flexibility index (Phi) is 5.50. The predicted octanol–water partition coefficient (Wildman–Crippen LogP) is 1.84. The van der Waals surface area contributed by atoms with Crippen LogP contribution in [-0.4, -0.2) is 49.4 Å². The first kappa shape index (κ1) is 17.9. The minimum absolute atomic E-state index is 0.0155. The lowest BCUT2D eigenvalue weighted by Gasteiger charge is -2.34. The highest BCUT2D eigenvalue weighted by Gasteiger charge is 2.30. The van der Waals surface area contributed by atoms with Gasteiger partial charge in [0.25, 0.3) is 0 Å². The Bertz CT molecular complexity index is 761. The number of amides is 2. The molecule has 138 valence electrons. The fourth-order valence-electron chi connectivity index (χ4n) is 3.26. The highest BCUT2D eigenvalue weighted by Crippen LogP contribution is 2.22. The first-order valence-corrected chi connectivity index (χ1v) is 8.75. The zero-order valence-corrected chi connectivity index (χ0v) is 14.7. The third-order valence-electron chi connectivity index (χ3n) is 4.69. The molecule has 2 aromatic rings.